The predicted molar refractivity (Wildman–Crippen MR) is 200 cm³/mol. The number of anilines is 2. The number of amides is 2. The third kappa shape index (κ3) is 6.51. The minimum absolute atomic E-state index is 0.0136. The average Bonchev–Trinajstić information content (AvgIpc) is 3.79. The summed E-state index contributed by atoms with van der Waals surface area (Å²) in [5.41, 5.74) is 7.16. The Morgan fingerprint density at radius 3 is 2.19 bits per heavy atom. The fraction of sp³-hybridized carbons (Fsp3) is 0.286. The van der Waals surface area contributed by atoms with Crippen molar-refractivity contribution < 1.29 is 24.2 Å². The van der Waals surface area contributed by atoms with Crippen LogP contribution in [0, 0.1) is 13.8 Å². The Morgan fingerprint density at radius 1 is 0.827 bits per heavy atom. The van der Waals surface area contributed by atoms with Gasteiger partial charge in [-0.25, -0.2) is 0 Å². The van der Waals surface area contributed by atoms with Gasteiger partial charge >= 0.3 is 0 Å². The second-order valence-corrected chi connectivity index (χ2v) is 14.1. The van der Waals surface area contributed by atoms with Gasteiger partial charge in [0.25, 0.3) is 11.8 Å². The van der Waals surface area contributed by atoms with Crippen LogP contribution in [-0.4, -0.2) is 88.8 Å². The van der Waals surface area contributed by atoms with Crippen LogP contribution in [0.15, 0.2) is 97.2 Å². The molecule has 0 unspecified atom stereocenters. The molecule has 2 amide bonds. The van der Waals surface area contributed by atoms with Crippen molar-refractivity contribution in [3.63, 3.8) is 0 Å². The van der Waals surface area contributed by atoms with Crippen LogP contribution in [0.2, 0.25) is 0 Å². The first-order chi connectivity index (χ1) is 25.2. The van der Waals surface area contributed by atoms with Crippen LogP contribution in [0.1, 0.15) is 43.1 Å². The number of carbonyl (C=O) groups is 2. The van der Waals surface area contributed by atoms with E-state index in [9.17, 15) is 14.7 Å². The Morgan fingerprint density at radius 2 is 1.48 bits per heavy atom. The van der Waals surface area contributed by atoms with E-state index >= 15 is 0 Å². The van der Waals surface area contributed by atoms with Crippen molar-refractivity contribution in [1.82, 2.24) is 19.3 Å². The molecule has 10 nitrogen and oxygen atoms in total. The lowest BCUT2D eigenvalue weighted by molar-refractivity contribution is 0.0535. The molecule has 4 aromatic carbocycles. The molecule has 1 aromatic heterocycles. The number of piperazine rings is 1. The molecule has 0 radical (unpaired) electrons. The summed E-state index contributed by atoms with van der Waals surface area (Å²) in [6.45, 7) is 9.25. The van der Waals surface area contributed by atoms with Gasteiger partial charge in [-0.05, 0) is 87.0 Å². The largest absolute Gasteiger partial charge is 0.508 e. The maximum atomic E-state index is 15.0. The molecule has 1 fully saturated rings. The van der Waals surface area contributed by atoms with Crippen LogP contribution < -0.4 is 14.4 Å². The van der Waals surface area contributed by atoms with Gasteiger partial charge in [0.15, 0.2) is 11.5 Å². The third-order valence-electron chi connectivity index (χ3n) is 10.5. The fourth-order valence-corrected chi connectivity index (χ4v) is 7.53. The van der Waals surface area contributed by atoms with Gasteiger partial charge in [0, 0.05) is 74.6 Å². The zero-order chi connectivity index (χ0) is 35.9. The Balaban J connectivity index is 1.17. The Hall–Kier alpha value is -5.58. The summed E-state index contributed by atoms with van der Waals surface area (Å²) in [6.07, 6.45) is 2.57. The number of phenolic OH excluding ortho intramolecular Hbond substituents is 1. The summed E-state index contributed by atoms with van der Waals surface area (Å²) in [5, 5.41) is 9.99. The molecule has 5 aromatic rings. The van der Waals surface area contributed by atoms with E-state index < -0.39 is 0 Å². The molecule has 8 rings (SSSR count). The van der Waals surface area contributed by atoms with Gasteiger partial charge in [-0.2, -0.15) is 0 Å². The van der Waals surface area contributed by atoms with Crippen molar-refractivity contribution in [3.8, 4) is 22.9 Å². The number of aromatic nitrogens is 1. The molecule has 1 saturated heterocycles. The van der Waals surface area contributed by atoms with E-state index in [4.69, 9.17) is 9.47 Å². The van der Waals surface area contributed by atoms with Gasteiger partial charge in [0.1, 0.15) is 5.75 Å². The summed E-state index contributed by atoms with van der Waals surface area (Å²) in [4.78, 5) is 37.9. The molecule has 3 aliphatic rings. The molecule has 52 heavy (non-hydrogen) atoms. The van der Waals surface area contributed by atoms with Crippen molar-refractivity contribution in [3.05, 3.63) is 131 Å². The van der Waals surface area contributed by atoms with Gasteiger partial charge in [-0.1, -0.05) is 42.0 Å². The maximum absolute atomic E-state index is 15.0. The number of hydrogen-bond donors (Lipinski definition) is 1. The van der Waals surface area contributed by atoms with E-state index in [0.717, 1.165) is 56.0 Å². The highest BCUT2D eigenvalue weighted by atomic mass is 16.7. The second kappa shape index (κ2) is 13.9. The summed E-state index contributed by atoms with van der Waals surface area (Å²) >= 11 is 0. The van der Waals surface area contributed by atoms with Crippen LogP contribution >= 0.6 is 0 Å². The van der Waals surface area contributed by atoms with Crippen molar-refractivity contribution in [1.29, 1.82) is 0 Å². The van der Waals surface area contributed by atoms with Crippen molar-refractivity contribution in [2.24, 2.45) is 0 Å². The number of carbonyl (C=O) groups excluding carboxylic acids is 2. The number of aryl methyl sites for hydroxylation is 2. The number of likely N-dealkylation sites (N-methyl/N-ethyl adjacent to an activating group) is 1. The van der Waals surface area contributed by atoms with Gasteiger partial charge in [0.2, 0.25) is 6.79 Å². The fourth-order valence-electron chi connectivity index (χ4n) is 7.53. The average molecular weight is 698 g/mol. The summed E-state index contributed by atoms with van der Waals surface area (Å²) in [5.74, 6) is 0.859. The predicted octanol–water partition coefficient (Wildman–Crippen LogP) is 6.32. The number of nitrogens with zero attached hydrogens (tertiary/aromatic N) is 5. The Bertz CT molecular complexity index is 2070. The van der Waals surface area contributed by atoms with Gasteiger partial charge in [0.05, 0.1) is 16.8 Å². The first-order valence-electron chi connectivity index (χ1n) is 17.8. The zero-order valence-corrected chi connectivity index (χ0v) is 29.8. The van der Waals surface area contributed by atoms with E-state index in [1.54, 1.807) is 41.4 Å². The highest BCUT2D eigenvalue weighted by Crippen LogP contribution is 2.39. The van der Waals surface area contributed by atoms with E-state index in [-0.39, 0.29) is 30.4 Å². The molecule has 10 heteroatoms. The zero-order valence-electron chi connectivity index (χ0n) is 29.8. The number of benzene rings is 4. The van der Waals surface area contributed by atoms with Crippen LogP contribution in [0.25, 0.3) is 5.69 Å². The molecule has 0 aliphatic carbocycles. The standard InChI is InChI=1S/C42H43N5O5/c1-28-8-10-33(11-9-28)47(34-12-14-36(48)15-13-34)41(49)32-20-29(2)45(25-32)38-23-40-39(51-27-52-40)22-37(38)42(50)46-24-31-7-5-4-6-30(31)21-35(46)26-44-18-16-43(3)17-19-44/h4-15,20,22-23,25,35,48H,16-19,21,24,26-27H2,1-3H3/t35-/m0/s1. The Kier molecular flexibility index (Phi) is 8.94. The van der Waals surface area contributed by atoms with Crippen LogP contribution in [-0.2, 0) is 13.0 Å². The SMILES string of the molecule is Cc1ccc(N(C(=O)c2cc(C)n(-c3cc4c(cc3C(=O)N3Cc5ccccc5C[C@H]3CN3CCN(C)CC3)OCO4)c2)c2ccc(O)cc2)cc1. The molecule has 3 aliphatic heterocycles. The molecule has 1 N–H and O–H groups in total. The summed E-state index contributed by atoms with van der Waals surface area (Å²) < 4.78 is 13.5. The topological polar surface area (TPSA) is 90.7 Å². The number of ether oxygens (including phenoxy) is 2. The monoisotopic (exact) mass is 697 g/mol. The smallest absolute Gasteiger partial charge is 0.264 e. The molecule has 266 valence electrons. The van der Waals surface area contributed by atoms with Crippen molar-refractivity contribution in [2.75, 3.05) is 51.5 Å². The van der Waals surface area contributed by atoms with Crippen molar-refractivity contribution >= 4 is 23.2 Å². The number of fused-ring (bicyclic) bond motifs is 2. The number of phenols is 1. The number of rotatable bonds is 7. The van der Waals surface area contributed by atoms with Gasteiger partial charge < -0.3 is 28.9 Å². The highest BCUT2D eigenvalue weighted by molar-refractivity contribution is 6.11. The first-order valence-corrected chi connectivity index (χ1v) is 17.8. The van der Waals surface area contributed by atoms with Gasteiger partial charge in [-0.15, -0.1) is 0 Å². The minimum Gasteiger partial charge on any atom is -0.508 e. The van der Waals surface area contributed by atoms with Gasteiger partial charge in [-0.3, -0.25) is 19.4 Å². The summed E-state index contributed by atoms with van der Waals surface area (Å²) in [6, 6.07) is 28.2. The third-order valence-corrected chi connectivity index (χ3v) is 10.5. The molecule has 0 bridgehead atoms. The minimum atomic E-state index is -0.245. The van der Waals surface area contributed by atoms with E-state index in [1.807, 2.05) is 65.8 Å². The lowest BCUT2D eigenvalue weighted by Crippen LogP contribution is -2.53. The molecule has 0 saturated carbocycles. The lowest BCUT2D eigenvalue weighted by atomic mass is 9.92. The normalized spacial score (nSPS) is 17.2. The molecular weight excluding hydrogens is 654 g/mol. The highest BCUT2D eigenvalue weighted by Gasteiger charge is 2.35. The van der Waals surface area contributed by atoms with E-state index in [0.29, 0.717) is 46.2 Å². The maximum Gasteiger partial charge on any atom is 0.264 e. The lowest BCUT2D eigenvalue weighted by Gasteiger charge is -2.41. The van der Waals surface area contributed by atoms with E-state index in [1.165, 1.54) is 5.56 Å². The summed E-state index contributed by atoms with van der Waals surface area (Å²) in [7, 11) is 2.15. The second-order valence-electron chi connectivity index (χ2n) is 14.1. The molecule has 1 atom stereocenters. The number of aromatic hydroxyl groups is 1. The first kappa shape index (κ1) is 33.6. The van der Waals surface area contributed by atoms with E-state index in [2.05, 4.69) is 35.0 Å². The van der Waals surface area contributed by atoms with Crippen LogP contribution in [0.5, 0.6) is 17.2 Å². The van der Waals surface area contributed by atoms with Crippen LogP contribution in [0.3, 0.4) is 0 Å². The van der Waals surface area contributed by atoms with Crippen LogP contribution in [0.4, 0.5) is 11.4 Å². The van der Waals surface area contributed by atoms with Crippen molar-refractivity contribution in [2.45, 2.75) is 32.9 Å². The molecular formula is C42H43N5O5. The Labute approximate surface area is 304 Å². The molecule has 0 spiro atoms. The molecule has 4 heterocycles. The number of hydrogen-bond acceptors (Lipinski definition) is 7. The quantitative estimate of drug-likeness (QED) is 0.213.